The largest absolute Gasteiger partial charge is 0.493 e. The normalized spacial score (nSPS) is 15.0. The van der Waals surface area contributed by atoms with E-state index in [2.05, 4.69) is 15.2 Å². The molecule has 1 fully saturated rings. The van der Waals surface area contributed by atoms with Crippen LogP contribution in [0.4, 0.5) is 5.13 Å². The number of hydrogen-bond donors (Lipinski definition) is 1. The van der Waals surface area contributed by atoms with Crippen molar-refractivity contribution in [2.24, 2.45) is 0 Å². The van der Waals surface area contributed by atoms with Crippen molar-refractivity contribution in [3.63, 3.8) is 0 Å². The van der Waals surface area contributed by atoms with Crippen LogP contribution in [-0.4, -0.2) is 56.3 Å². The van der Waals surface area contributed by atoms with Crippen molar-refractivity contribution in [1.82, 2.24) is 9.88 Å². The standard InChI is InChI=1S/C19H22ClN3O4S/c1-25-16-10-13(9-15(20)18(16)26-2)3-4-17(24)22-19-21-14(12-28-19)11-23-5-7-27-8-6-23/h3-4,9-10,12H,5-8,11H2,1-2H3,(H,21,22,24). The first kappa shape index (κ1) is 20.6. The van der Waals surface area contributed by atoms with Gasteiger partial charge in [-0.05, 0) is 23.8 Å². The van der Waals surface area contributed by atoms with Gasteiger partial charge in [0.2, 0.25) is 5.91 Å². The SMILES string of the molecule is COc1cc(C=CC(=O)Nc2nc(CN3CCOCC3)cs2)cc(Cl)c1OC. The number of methoxy groups -OCH3 is 2. The van der Waals surface area contributed by atoms with Crippen molar-refractivity contribution in [1.29, 1.82) is 0 Å². The molecular weight excluding hydrogens is 402 g/mol. The number of thiazole rings is 1. The summed E-state index contributed by atoms with van der Waals surface area (Å²) in [7, 11) is 3.05. The summed E-state index contributed by atoms with van der Waals surface area (Å²) >= 11 is 7.59. The molecule has 1 aliphatic heterocycles. The van der Waals surface area contributed by atoms with Crippen LogP contribution >= 0.6 is 22.9 Å². The van der Waals surface area contributed by atoms with Gasteiger partial charge in [-0.25, -0.2) is 4.98 Å². The number of nitrogens with one attached hydrogen (secondary N) is 1. The van der Waals surface area contributed by atoms with Gasteiger partial charge in [0, 0.05) is 31.1 Å². The maximum absolute atomic E-state index is 12.2. The molecule has 150 valence electrons. The lowest BCUT2D eigenvalue weighted by Crippen LogP contribution is -2.35. The first-order chi connectivity index (χ1) is 13.6. The van der Waals surface area contributed by atoms with Gasteiger partial charge in [-0.2, -0.15) is 0 Å². The monoisotopic (exact) mass is 423 g/mol. The van der Waals surface area contributed by atoms with Gasteiger partial charge < -0.3 is 14.2 Å². The number of morpholine rings is 1. The molecule has 9 heteroatoms. The van der Waals surface area contributed by atoms with Gasteiger partial charge in [0.15, 0.2) is 16.6 Å². The summed E-state index contributed by atoms with van der Waals surface area (Å²) in [5, 5.41) is 5.73. The molecule has 0 saturated carbocycles. The Kier molecular flexibility index (Phi) is 7.27. The van der Waals surface area contributed by atoms with Crippen molar-refractivity contribution >= 4 is 40.1 Å². The van der Waals surface area contributed by atoms with Crippen molar-refractivity contribution < 1.29 is 19.0 Å². The zero-order valence-corrected chi connectivity index (χ0v) is 17.3. The molecule has 0 aliphatic carbocycles. The molecule has 0 bridgehead atoms. The predicted molar refractivity (Wildman–Crippen MR) is 110 cm³/mol. The highest BCUT2D eigenvalue weighted by molar-refractivity contribution is 7.13. The number of benzene rings is 1. The Balaban J connectivity index is 1.59. The summed E-state index contributed by atoms with van der Waals surface area (Å²) in [6, 6.07) is 3.45. The van der Waals surface area contributed by atoms with Crippen LogP contribution in [0.5, 0.6) is 11.5 Å². The Bertz CT molecular complexity index is 850. The number of halogens is 1. The lowest BCUT2D eigenvalue weighted by Gasteiger charge is -2.25. The molecule has 3 rings (SSSR count). The van der Waals surface area contributed by atoms with Crippen LogP contribution in [-0.2, 0) is 16.1 Å². The van der Waals surface area contributed by atoms with Crippen molar-refractivity contribution in [2.45, 2.75) is 6.54 Å². The third kappa shape index (κ3) is 5.45. The van der Waals surface area contributed by atoms with Gasteiger partial charge in [-0.1, -0.05) is 11.6 Å². The summed E-state index contributed by atoms with van der Waals surface area (Å²) < 4.78 is 15.8. The molecule has 2 heterocycles. The maximum atomic E-state index is 12.2. The van der Waals surface area contributed by atoms with Crippen LogP contribution in [0.3, 0.4) is 0 Å². The molecule has 1 saturated heterocycles. The van der Waals surface area contributed by atoms with Crippen LogP contribution in [0.25, 0.3) is 6.08 Å². The number of hydrogen-bond acceptors (Lipinski definition) is 7. The average Bonchev–Trinajstić information content (AvgIpc) is 3.13. The Morgan fingerprint density at radius 2 is 2.14 bits per heavy atom. The minimum Gasteiger partial charge on any atom is -0.493 e. The molecule has 0 unspecified atom stereocenters. The summed E-state index contributed by atoms with van der Waals surface area (Å²) in [5.41, 5.74) is 1.67. The maximum Gasteiger partial charge on any atom is 0.250 e. The van der Waals surface area contributed by atoms with E-state index in [1.807, 2.05) is 5.38 Å². The molecule has 0 spiro atoms. The fourth-order valence-corrected chi connectivity index (χ4v) is 3.78. The smallest absolute Gasteiger partial charge is 0.250 e. The van der Waals surface area contributed by atoms with E-state index in [-0.39, 0.29) is 5.91 Å². The third-order valence-electron chi connectivity index (χ3n) is 4.15. The second kappa shape index (κ2) is 9.88. The quantitative estimate of drug-likeness (QED) is 0.689. The zero-order valence-electron chi connectivity index (χ0n) is 15.7. The van der Waals surface area contributed by atoms with E-state index in [0.29, 0.717) is 21.7 Å². The highest BCUT2D eigenvalue weighted by atomic mass is 35.5. The average molecular weight is 424 g/mol. The third-order valence-corrected chi connectivity index (χ3v) is 5.24. The van der Waals surface area contributed by atoms with E-state index in [1.165, 1.54) is 31.6 Å². The van der Waals surface area contributed by atoms with Crippen LogP contribution in [0, 0.1) is 0 Å². The molecule has 1 aromatic heterocycles. The summed E-state index contributed by atoms with van der Waals surface area (Å²) in [6.07, 6.45) is 3.09. The highest BCUT2D eigenvalue weighted by Crippen LogP contribution is 2.36. The second-order valence-electron chi connectivity index (χ2n) is 6.09. The van der Waals surface area contributed by atoms with Crippen LogP contribution in [0.15, 0.2) is 23.6 Å². The summed E-state index contributed by atoms with van der Waals surface area (Å²) in [5.74, 6) is 0.697. The first-order valence-corrected chi connectivity index (χ1v) is 10.00. The molecule has 0 radical (unpaired) electrons. The number of aromatic nitrogens is 1. The van der Waals surface area contributed by atoms with Gasteiger partial charge in [-0.3, -0.25) is 15.0 Å². The van der Waals surface area contributed by atoms with Gasteiger partial charge >= 0.3 is 0 Å². The lowest BCUT2D eigenvalue weighted by molar-refractivity contribution is -0.111. The van der Waals surface area contributed by atoms with Crippen LogP contribution in [0.2, 0.25) is 5.02 Å². The molecular formula is C19H22ClN3O4S. The zero-order chi connectivity index (χ0) is 19.9. The molecule has 28 heavy (non-hydrogen) atoms. The summed E-state index contributed by atoms with van der Waals surface area (Å²) in [6.45, 7) is 4.05. The minimum absolute atomic E-state index is 0.266. The Morgan fingerprint density at radius 3 is 2.86 bits per heavy atom. The molecule has 1 aliphatic rings. The summed E-state index contributed by atoms with van der Waals surface area (Å²) in [4.78, 5) is 19.0. The molecule has 1 aromatic carbocycles. The number of carbonyl (C=O) groups excluding carboxylic acids is 1. The highest BCUT2D eigenvalue weighted by Gasteiger charge is 2.13. The molecule has 0 atom stereocenters. The minimum atomic E-state index is -0.266. The molecule has 2 aromatic rings. The van der Waals surface area contributed by atoms with Crippen molar-refractivity contribution in [3.8, 4) is 11.5 Å². The lowest BCUT2D eigenvalue weighted by atomic mass is 10.2. The fraction of sp³-hybridized carbons (Fsp3) is 0.368. The van der Waals surface area contributed by atoms with E-state index in [9.17, 15) is 4.79 Å². The van der Waals surface area contributed by atoms with Crippen molar-refractivity contribution in [3.05, 3.63) is 39.9 Å². The number of anilines is 1. The number of carbonyl (C=O) groups is 1. The first-order valence-electron chi connectivity index (χ1n) is 8.74. The van der Waals surface area contributed by atoms with Crippen molar-refractivity contribution in [2.75, 3.05) is 45.8 Å². The number of ether oxygens (including phenoxy) is 3. The van der Waals surface area contributed by atoms with Gasteiger partial charge in [-0.15, -0.1) is 11.3 Å². The van der Waals surface area contributed by atoms with E-state index >= 15 is 0 Å². The fourth-order valence-electron chi connectivity index (χ4n) is 2.78. The number of amides is 1. The number of nitrogens with zero attached hydrogens (tertiary/aromatic N) is 2. The topological polar surface area (TPSA) is 72.9 Å². The van der Waals surface area contributed by atoms with E-state index in [4.69, 9.17) is 25.8 Å². The predicted octanol–water partition coefficient (Wildman–Crippen LogP) is 3.30. The van der Waals surface area contributed by atoms with E-state index in [1.54, 1.807) is 18.2 Å². The van der Waals surface area contributed by atoms with Gasteiger partial charge in [0.05, 0.1) is 38.1 Å². The van der Waals surface area contributed by atoms with E-state index < -0.39 is 0 Å². The Labute approximate surface area is 172 Å². The van der Waals surface area contributed by atoms with E-state index in [0.717, 1.165) is 44.1 Å². The van der Waals surface area contributed by atoms with Crippen LogP contribution < -0.4 is 14.8 Å². The van der Waals surface area contributed by atoms with Gasteiger partial charge in [0.1, 0.15) is 0 Å². The Morgan fingerprint density at radius 1 is 1.36 bits per heavy atom. The molecule has 1 amide bonds. The molecule has 1 N–H and O–H groups in total. The Hall–Kier alpha value is -2.13. The van der Waals surface area contributed by atoms with Crippen LogP contribution in [0.1, 0.15) is 11.3 Å². The number of rotatable bonds is 7. The molecule has 7 nitrogen and oxygen atoms in total. The second-order valence-corrected chi connectivity index (χ2v) is 7.36. The van der Waals surface area contributed by atoms with Gasteiger partial charge in [0.25, 0.3) is 0 Å².